The van der Waals surface area contributed by atoms with E-state index in [4.69, 9.17) is 0 Å². The van der Waals surface area contributed by atoms with Crippen molar-refractivity contribution in [1.82, 2.24) is 10.7 Å². The molecule has 7 heavy (non-hydrogen) atoms. The largest absolute Gasteiger partial charge is 0.354 e. The minimum absolute atomic E-state index is 0.375. The molecule has 0 fully saturated rings. The summed E-state index contributed by atoms with van der Waals surface area (Å²) in [5, 5.41) is 6.75. The van der Waals surface area contributed by atoms with Gasteiger partial charge in [0.25, 0.3) is 0 Å². The fourth-order valence-electron chi connectivity index (χ4n) is 0.501. The standard InChI is InChI=1S/C4H9N3/c1-2-4-5-3-6-7-4/h3-4,7H,2H2,1H3,(H,5,6). The summed E-state index contributed by atoms with van der Waals surface area (Å²) in [7, 11) is 0. The van der Waals surface area contributed by atoms with E-state index in [1.807, 2.05) is 0 Å². The minimum atomic E-state index is 0.375. The normalized spacial score (nSPS) is 26.7. The zero-order chi connectivity index (χ0) is 5.11. The number of rotatable bonds is 1. The molecule has 0 saturated heterocycles. The molecule has 40 valence electrons. The quantitative estimate of drug-likeness (QED) is 0.480. The molecule has 1 aliphatic rings. The van der Waals surface area contributed by atoms with E-state index >= 15 is 0 Å². The van der Waals surface area contributed by atoms with Crippen LogP contribution in [-0.4, -0.2) is 12.5 Å². The minimum Gasteiger partial charge on any atom is -0.354 e. The van der Waals surface area contributed by atoms with Gasteiger partial charge in [0.15, 0.2) is 0 Å². The summed E-state index contributed by atoms with van der Waals surface area (Å²) in [6.07, 6.45) is 3.12. The molecule has 0 radical (unpaired) electrons. The summed E-state index contributed by atoms with van der Waals surface area (Å²) in [4.78, 5) is 0. The van der Waals surface area contributed by atoms with Gasteiger partial charge in [-0.15, -0.1) is 0 Å². The van der Waals surface area contributed by atoms with Gasteiger partial charge in [-0.05, 0) is 6.42 Å². The third-order valence-corrected chi connectivity index (χ3v) is 0.979. The Kier molecular flexibility index (Phi) is 1.15. The Morgan fingerprint density at radius 3 is 3.00 bits per heavy atom. The molecule has 0 bridgehead atoms. The maximum absolute atomic E-state index is 3.75. The highest BCUT2D eigenvalue weighted by molar-refractivity contribution is 5.56. The van der Waals surface area contributed by atoms with Crippen LogP contribution in [0.4, 0.5) is 0 Å². The topological polar surface area (TPSA) is 36.4 Å². The number of hydrogen-bond acceptors (Lipinski definition) is 3. The molecule has 0 spiro atoms. The highest BCUT2D eigenvalue weighted by atomic mass is 15.4. The van der Waals surface area contributed by atoms with E-state index in [2.05, 4.69) is 22.8 Å². The molecule has 3 heteroatoms. The van der Waals surface area contributed by atoms with E-state index in [1.54, 1.807) is 6.34 Å². The van der Waals surface area contributed by atoms with Gasteiger partial charge in [-0.3, -0.25) is 5.43 Å². The van der Waals surface area contributed by atoms with Crippen LogP contribution in [0.15, 0.2) is 5.10 Å². The van der Waals surface area contributed by atoms with Gasteiger partial charge < -0.3 is 5.32 Å². The van der Waals surface area contributed by atoms with Crippen LogP contribution in [0.2, 0.25) is 0 Å². The van der Waals surface area contributed by atoms with Crippen molar-refractivity contribution in [2.24, 2.45) is 5.10 Å². The number of nitrogens with one attached hydrogen (secondary N) is 2. The third kappa shape index (κ3) is 0.824. The molecule has 2 N–H and O–H groups in total. The fourth-order valence-corrected chi connectivity index (χ4v) is 0.501. The first-order valence-corrected chi connectivity index (χ1v) is 2.46. The van der Waals surface area contributed by atoms with Gasteiger partial charge in [0.05, 0.1) is 0 Å². The zero-order valence-corrected chi connectivity index (χ0v) is 4.31. The van der Waals surface area contributed by atoms with E-state index in [0.29, 0.717) is 6.17 Å². The monoisotopic (exact) mass is 99.1 g/mol. The van der Waals surface area contributed by atoms with E-state index in [1.165, 1.54) is 0 Å². The van der Waals surface area contributed by atoms with Crippen LogP contribution in [-0.2, 0) is 0 Å². The second kappa shape index (κ2) is 1.82. The van der Waals surface area contributed by atoms with E-state index in [9.17, 15) is 0 Å². The van der Waals surface area contributed by atoms with Crippen molar-refractivity contribution in [2.75, 3.05) is 0 Å². The molecular weight excluding hydrogens is 90.1 g/mol. The van der Waals surface area contributed by atoms with Gasteiger partial charge in [-0.1, -0.05) is 6.92 Å². The first kappa shape index (κ1) is 4.43. The molecule has 3 nitrogen and oxygen atoms in total. The average Bonchev–Trinajstić information content (AvgIpc) is 2.14. The predicted octanol–water partition coefficient (Wildman–Crippen LogP) is -0.141. The molecule has 1 heterocycles. The zero-order valence-electron chi connectivity index (χ0n) is 4.31. The van der Waals surface area contributed by atoms with Crippen LogP contribution >= 0.6 is 0 Å². The molecule has 0 aromatic heterocycles. The molecule has 1 rings (SSSR count). The van der Waals surface area contributed by atoms with Gasteiger partial charge in [0.2, 0.25) is 0 Å². The van der Waals surface area contributed by atoms with Crippen LogP contribution in [0.1, 0.15) is 13.3 Å². The van der Waals surface area contributed by atoms with E-state index < -0.39 is 0 Å². The van der Waals surface area contributed by atoms with Crippen LogP contribution in [0.5, 0.6) is 0 Å². The molecule has 1 unspecified atom stereocenters. The Labute approximate surface area is 42.8 Å². The van der Waals surface area contributed by atoms with Crippen LogP contribution in [0, 0.1) is 0 Å². The number of hydrogen-bond donors (Lipinski definition) is 2. The Bertz CT molecular complexity index is 71.0. The summed E-state index contributed by atoms with van der Waals surface area (Å²) in [6.45, 7) is 2.10. The molecule has 0 aromatic carbocycles. The van der Waals surface area contributed by atoms with Crippen molar-refractivity contribution >= 4 is 6.34 Å². The Morgan fingerprint density at radius 1 is 1.86 bits per heavy atom. The fraction of sp³-hybridized carbons (Fsp3) is 0.750. The highest BCUT2D eigenvalue weighted by Crippen LogP contribution is 1.86. The molecule has 0 amide bonds. The molecule has 0 aliphatic carbocycles. The van der Waals surface area contributed by atoms with Crippen LogP contribution in [0.3, 0.4) is 0 Å². The van der Waals surface area contributed by atoms with Gasteiger partial charge in [0, 0.05) is 0 Å². The Hall–Kier alpha value is -0.730. The molecule has 1 aliphatic heterocycles. The second-order valence-electron chi connectivity index (χ2n) is 1.51. The van der Waals surface area contributed by atoms with Crippen molar-refractivity contribution < 1.29 is 0 Å². The first-order valence-electron chi connectivity index (χ1n) is 2.46. The van der Waals surface area contributed by atoms with Gasteiger partial charge in [-0.25, -0.2) is 0 Å². The second-order valence-corrected chi connectivity index (χ2v) is 1.51. The number of hydrazone groups is 1. The molecular formula is C4H9N3. The first-order chi connectivity index (χ1) is 3.43. The van der Waals surface area contributed by atoms with E-state index in [-0.39, 0.29) is 0 Å². The Morgan fingerprint density at radius 2 is 2.71 bits per heavy atom. The third-order valence-electron chi connectivity index (χ3n) is 0.979. The maximum Gasteiger partial charge on any atom is 0.113 e. The average molecular weight is 99.1 g/mol. The van der Waals surface area contributed by atoms with Crippen LogP contribution in [0.25, 0.3) is 0 Å². The molecule has 0 saturated carbocycles. The lowest BCUT2D eigenvalue weighted by atomic mass is 10.4. The SMILES string of the molecule is CCC1NC=NN1. The summed E-state index contributed by atoms with van der Waals surface area (Å²) in [6, 6.07) is 0. The summed E-state index contributed by atoms with van der Waals surface area (Å²) in [5.74, 6) is 0. The van der Waals surface area contributed by atoms with Crippen molar-refractivity contribution in [3.63, 3.8) is 0 Å². The lowest BCUT2D eigenvalue weighted by Crippen LogP contribution is -2.30. The van der Waals surface area contributed by atoms with Crippen molar-refractivity contribution in [2.45, 2.75) is 19.5 Å². The van der Waals surface area contributed by atoms with E-state index in [0.717, 1.165) is 6.42 Å². The summed E-state index contributed by atoms with van der Waals surface area (Å²) in [5.41, 5.74) is 2.86. The maximum atomic E-state index is 3.75. The Balaban J connectivity index is 2.22. The highest BCUT2D eigenvalue weighted by Gasteiger charge is 2.02. The van der Waals surface area contributed by atoms with Gasteiger partial charge in [-0.2, -0.15) is 5.10 Å². The smallest absolute Gasteiger partial charge is 0.113 e. The summed E-state index contributed by atoms with van der Waals surface area (Å²) < 4.78 is 0. The summed E-state index contributed by atoms with van der Waals surface area (Å²) >= 11 is 0. The lowest BCUT2D eigenvalue weighted by molar-refractivity contribution is 0.528. The predicted molar refractivity (Wildman–Crippen MR) is 28.8 cm³/mol. The van der Waals surface area contributed by atoms with Crippen molar-refractivity contribution in [1.29, 1.82) is 0 Å². The van der Waals surface area contributed by atoms with Gasteiger partial charge in [0.1, 0.15) is 12.5 Å². The van der Waals surface area contributed by atoms with Crippen molar-refractivity contribution in [3.8, 4) is 0 Å². The molecule has 0 aromatic rings. The van der Waals surface area contributed by atoms with Crippen LogP contribution < -0.4 is 10.7 Å². The lowest BCUT2D eigenvalue weighted by Gasteiger charge is -2.03. The number of nitrogens with zero attached hydrogens (tertiary/aromatic N) is 1. The van der Waals surface area contributed by atoms with Gasteiger partial charge >= 0.3 is 0 Å². The van der Waals surface area contributed by atoms with Crippen molar-refractivity contribution in [3.05, 3.63) is 0 Å². The molecule has 1 atom stereocenters.